The second kappa shape index (κ2) is 6.24. The van der Waals surface area contributed by atoms with Gasteiger partial charge in [-0.1, -0.05) is 44.2 Å². The van der Waals surface area contributed by atoms with Crippen LogP contribution in [-0.4, -0.2) is 11.1 Å². The second-order valence-electron chi connectivity index (χ2n) is 5.13. The molecule has 0 unspecified atom stereocenters. The highest BCUT2D eigenvalue weighted by Crippen LogP contribution is 2.23. The molecule has 2 aromatic rings. The predicted molar refractivity (Wildman–Crippen MR) is 81.6 cm³/mol. The zero-order valence-electron chi connectivity index (χ0n) is 11.8. The third-order valence-electron chi connectivity index (χ3n) is 3.22. The number of para-hydroxylation sites is 1. The van der Waals surface area contributed by atoms with Crippen LogP contribution in [-0.2, 0) is 11.2 Å². The van der Waals surface area contributed by atoms with Gasteiger partial charge < -0.3 is 10.4 Å². The van der Waals surface area contributed by atoms with E-state index in [9.17, 15) is 4.79 Å². The average molecular weight is 269 g/mol. The highest BCUT2D eigenvalue weighted by molar-refractivity contribution is 5.75. The first kappa shape index (κ1) is 14.1. The quantitative estimate of drug-likeness (QED) is 0.856. The fourth-order valence-corrected chi connectivity index (χ4v) is 2.07. The third kappa shape index (κ3) is 3.60. The van der Waals surface area contributed by atoms with Crippen LogP contribution in [0.2, 0.25) is 0 Å². The number of carbonyl (C=O) groups is 1. The Morgan fingerprint density at radius 3 is 2.35 bits per heavy atom. The average Bonchev–Trinajstić information content (AvgIpc) is 2.41. The van der Waals surface area contributed by atoms with E-state index >= 15 is 0 Å². The van der Waals surface area contributed by atoms with E-state index in [4.69, 9.17) is 5.11 Å². The minimum Gasteiger partial charge on any atom is -0.481 e. The Morgan fingerprint density at radius 2 is 1.75 bits per heavy atom. The number of hydrogen-bond donors (Lipinski definition) is 2. The minimum absolute atomic E-state index is 0.0211. The summed E-state index contributed by atoms with van der Waals surface area (Å²) in [5.74, 6) is -0.322. The van der Waals surface area contributed by atoms with Crippen molar-refractivity contribution in [2.45, 2.75) is 26.2 Å². The van der Waals surface area contributed by atoms with Crippen molar-refractivity contribution in [3.8, 4) is 0 Å². The van der Waals surface area contributed by atoms with Crippen LogP contribution in [0.1, 0.15) is 30.9 Å². The molecule has 0 aliphatic rings. The molecular formula is C17H19NO2. The number of hydrogen-bond acceptors (Lipinski definition) is 2. The molecule has 0 heterocycles. The second-order valence-corrected chi connectivity index (χ2v) is 5.13. The lowest BCUT2D eigenvalue weighted by molar-refractivity contribution is -0.136. The van der Waals surface area contributed by atoms with Gasteiger partial charge in [-0.05, 0) is 35.2 Å². The van der Waals surface area contributed by atoms with E-state index in [1.807, 2.05) is 36.4 Å². The van der Waals surface area contributed by atoms with Crippen molar-refractivity contribution in [1.82, 2.24) is 0 Å². The van der Waals surface area contributed by atoms with Gasteiger partial charge in [-0.25, -0.2) is 0 Å². The van der Waals surface area contributed by atoms with Gasteiger partial charge in [0.2, 0.25) is 0 Å². The van der Waals surface area contributed by atoms with Gasteiger partial charge in [-0.2, -0.15) is 0 Å². The van der Waals surface area contributed by atoms with Crippen molar-refractivity contribution in [3.63, 3.8) is 0 Å². The third-order valence-corrected chi connectivity index (χ3v) is 3.22. The number of benzene rings is 2. The van der Waals surface area contributed by atoms with Crippen LogP contribution < -0.4 is 5.32 Å². The van der Waals surface area contributed by atoms with Crippen LogP contribution in [0, 0.1) is 0 Å². The van der Waals surface area contributed by atoms with E-state index in [1.165, 1.54) is 5.56 Å². The molecule has 2 N–H and O–H groups in total. The van der Waals surface area contributed by atoms with Crippen LogP contribution in [0.5, 0.6) is 0 Å². The van der Waals surface area contributed by atoms with Gasteiger partial charge in [0, 0.05) is 11.4 Å². The summed E-state index contributed by atoms with van der Waals surface area (Å²) in [7, 11) is 0. The van der Waals surface area contributed by atoms with Gasteiger partial charge in [0.25, 0.3) is 0 Å². The smallest absolute Gasteiger partial charge is 0.307 e. The Morgan fingerprint density at radius 1 is 1.10 bits per heavy atom. The van der Waals surface area contributed by atoms with E-state index in [0.717, 1.165) is 16.9 Å². The molecule has 3 nitrogen and oxygen atoms in total. The zero-order valence-corrected chi connectivity index (χ0v) is 11.8. The fraction of sp³-hybridized carbons (Fsp3) is 0.235. The molecule has 104 valence electrons. The summed E-state index contributed by atoms with van der Waals surface area (Å²) in [6.07, 6.45) is 0.0211. The molecule has 0 aliphatic heterocycles. The van der Waals surface area contributed by atoms with Crippen LogP contribution >= 0.6 is 0 Å². The maximum Gasteiger partial charge on any atom is 0.307 e. The molecule has 3 heteroatoms. The molecule has 20 heavy (non-hydrogen) atoms. The molecule has 0 radical (unpaired) electrons. The highest BCUT2D eigenvalue weighted by atomic mass is 16.4. The predicted octanol–water partition coefficient (Wildman–Crippen LogP) is 4.18. The SMILES string of the molecule is CC(C)c1ccc(Nc2ccccc2CC(=O)O)cc1. The van der Waals surface area contributed by atoms with Crippen LogP contribution in [0.15, 0.2) is 48.5 Å². The van der Waals surface area contributed by atoms with Crippen LogP contribution in [0.4, 0.5) is 11.4 Å². The summed E-state index contributed by atoms with van der Waals surface area (Å²) >= 11 is 0. The number of rotatable bonds is 5. The van der Waals surface area contributed by atoms with Gasteiger partial charge >= 0.3 is 5.97 Å². The number of carboxylic acid groups (broad SMARTS) is 1. The molecule has 0 atom stereocenters. The van der Waals surface area contributed by atoms with Crippen LogP contribution in [0.3, 0.4) is 0 Å². The molecule has 0 saturated heterocycles. The number of carboxylic acids is 1. The molecule has 0 aliphatic carbocycles. The zero-order chi connectivity index (χ0) is 14.5. The van der Waals surface area contributed by atoms with Crippen molar-refractivity contribution < 1.29 is 9.90 Å². The summed E-state index contributed by atoms with van der Waals surface area (Å²) < 4.78 is 0. The minimum atomic E-state index is -0.825. The van der Waals surface area contributed by atoms with E-state index < -0.39 is 5.97 Å². The van der Waals surface area contributed by atoms with Gasteiger partial charge in [-0.15, -0.1) is 0 Å². The van der Waals surface area contributed by atoms with Gasteiger partial charge in [0.1, 0.15) is 0 Å². The topological polar surface area (TPSA) is 49.3 Å². The molecule has 2 aromatic carbocycles. The Kier molecular flexibility index (Phi) is 4.41. The number of anilines is 2. The Balaban J connectivity index is 2.19. The van der Waals surface area contributed by atoms with Crippen molar-refractivity contribution in [2.24, 2.45) is 0 Å². The van der Waals surface area contributed by atoms with E-state index in [2.05, 4.69) is 31.3 Å². The van der Waals surface area contributed by atoms with Crippen LogP contribution in [0.25, 0.3) is 0 Å². The highest BCUT2D eigenvalue weighted by Gasteiger charge is 2.06. The van der Waals surface area contributed by atoms with Crippen molar-refractivity contribution in [2.75, 3.05) is 5.32 Å². The van der Waals surface area contributed by atoms with Crippen molar-refractivity contribution >= 4 is 17.3 Å². The maximum atomic E-state index is 10.9. The molecule has 0 bridgehead atoms. The molecule has 0 amide bonds. The number of aliphatic carboxylic acids is 1. The Labute approximate surface area is 119 Å². The largest absolute Gasteiger partial charge is 0.481 e. The molecular weight excluding hydrogens is 250 g/mol. The monoisotopic (exact) mass is 269 g/mol. The first-order valence-electron chi connectivity index (χ1n) is 6.73. The summed E-state index contributed by atoms with van der Waals surface area (Å²) in [6.45, 7) is 4.31. The first-order valence-corrected chi connectivity index (χ1v) is 6.73. The Hall–Kier alpha value is -2.29. The molecule has 0 aromatic heterocycles. The van der Waals surface area contributed by atoms with Gasteiger partial charge in [-0.3, -0.25) is 4.79 Å². The van der Waals surface area contributed by atoms with Gasteiger partial charge in [0.05, 0.1) is 6.42 Å². The molecule has 0 saturated carbocycles. The normalized spacial score (nSPS) is 10.6. The standard InChI is InChI=1S/C17H19NO2/c1-12(2)13-7-9-15(10-8-13)18-16-6-4-3-5-14(16)11-17(19)20/h3-10,12,18H,11H2,1-2H3,(H,19,20). The lowest BCUT2D eigenvalue weighted by Gasteiger charge is -2.12. The van der Waals surface area contributed by atoms with E-state index in [0.29, 0.717) is 5.92 Å². The van der Waals surface area contributed by atoms with E-state index in [1.54, 1.807) is 0 Å². The lowest BCUT2D eigenvalue weighted by Crippen LogP contribution is -2.03. The lowest BCUT2D eigenvalue weighted by atomic mass is 10.0. The van der Waals surface area contributed by atoms with Crippen molar-refractivity contribution in [3.05, 3.63) is 59.7 Å². The summed E-state index contributed by atoms with van der Waals surface area (Å²) in [6, 6.07) is 15.7. The molecule has 0 fully saturated rings. The first-order chi connectivity index (χ1) is 9.56. The Bertz CT molecular complexity index is 588. The summed E-state index contributed by atoms with van der Waals surface area (Å²) in [5, 5.41) is 12.2. The van der Waals surface area contributed by atoms with E-state index in [-0.39, 0.29) is 6.42 Å². The fourth-order valence-electron chi connectivity index (χ4n) is 2.07. The summed E-state index contributed by atoms with van der Waals surface area (Å²) in [4.78, 5) is 10.9. The molecule has 2 rings (SSSR count). The molecule has 0 spiro atoms. The van der Waals surface area contributed by atoms with Gasteiger partial charge in [0.15, 0.2) is 0 Å². The van der Waals surface area contributed by atoms with Crippen molar-refractivity contribution in [1.29, 1.82) is 0 Å². The number of nitrogens with one attached hydrogen (secondary N) is 1. The summed E-state index contributed by atoms with van der Waals surface area (Å²) in [5.41, 5.74) is 3.88. The maximum absolute atomic E-state index is 10.9.